The van der Waals surface area contributed by atoms with E-state index in [1.807, 2.05) is 37.3 Å². The fourth-order valence-electron chi connectivity index (χ4n) is 2.77. The van der Waals surface area contributed by atoms with Crippen LogP contribution in [-0.4, -0.2) is 13.0 Å². The maximum Gasteiger partial charge on any atom is 0.229 e. The van der Waals surface area contributed by atoms with E-state index < -0.39 is 0 Å². The van der Waals surface area contributed by atoms with E-state index in [0.29, 0.717) is 11.4 Å². The average Bonchev–Trinajstić information content (AvgIpc) is 2.97. The summed E-state index contributed by atoms with van der Waals surface area (Å²) in [5.74, 6) is 0.555. The van der Waals surface area contributed by atoms with Crippen LogP contribution < -0.4 is 10.1 Å². The molecule has 0 aliphatic carbocycles. The van der Waals surface area contributed by atoms with Gasteiger partial charge in [-0.25, -0.2) is 0 Å². The predicted octanol–water partition coefficient (Wildman–Crippen LogP) is 4.49. The number of ether oxygens (including phenoxy) is 1. The first kappa shape index (κ1) is 16.1. The third-order valence-corrected chi connectivity index (χ3v) is 4.11. The summed E-state index contributed by atoms with van der Waals surface area (Å²) in [6.07, 6.45) is 2.88. The molecule has 0 fully saturated rings. The summed E-state index contributed by atoms with van der Waals surface area (Å²) < 4.78 is 10.9. The van der Waals surface area contributed by atoms with Crippen LogP contribution in [0.15, 0.2) is 47.1 Å². The highest BCUT2D eigenvalue weighted by molar-refractivity contribution is 5.96. The van der Waals surface area contributed by atoms with E-state index in [1.54, 1.807) is 13.4 Å². The van der Waals surface area contributed by atoms with Crippen molar-refractivity contribution in [3.8, 4) is 5.75 Å². The number of hydrogen-bond donors (Lipinski definition) is 1. The summed E-state index contributed by atoms with van der Waals surface area (Å²) in [7, 11) is 1.59. The van der Waals surface area contributed by atoms with Crippen molar-refractivity contribution in [2.75, 3.05) is 12.4 Å². The first-order valence-electron chi connectivity index (χ1n) is 8.04. The molecule has 0 bridgehead atoms. The normalized spacial score (nSPS) is 10.8. The summed E-state index contributed by atoms with van der Waals surface area (Å²) in [5, 5.41) is 3.91. The number of benzene rings is 2. The molecule has 0 aliphatic rings. The Morgan fingerprint density at radius 1 is 1.21 bits per heavy atom. The van der Waals surface area contributed by atoms with Crippen LogP contribution in [0.1, 0.15) is 23.6 Å². The fourth-order valence-corrected chi connectivity index (χ4v) is 2.77. The quantitative estimate of drug-likeness (QED) is 0.752. The Morgan fingerprint density at radius 2 is 2.04 bits per heavy atom. The second-order valence-electron chi connectivity index (χ2n) is 5.87. The lowest BCUT2D eigenvalue weighted by atomic mass is 10.1. The highest BCUT2D eigenvalue weighted by Crippen LogP contribution is 2.27. The SMILES string of the molecule is CCc1ccc2c(CC(=O)Nc3cc(C)ccc3OC)coc2c1. The molecule has 0 spiro atoms. The number of fused-ring (bicyclic) bond motifs is 1. The molecule has 0 saturated carbocycles. The molecule has 24 heavy (non-hydrogen) atoms. The molecule has 1 heterocycles. The number of carbonyl (C=O) groups excluding carboxylic acids is 1. The van der Waals surface area contributed by atoms with Crippen LogP contribution in [0.4, 0.5) is 5.69 Å². The summed E-state index contributed by atoms with van der Waals surface area (Å²) in [6.45, 7) is 4.08. The van der Waals surface area contributed by atoms with Crippen molar-refractivity contribution >= 4 is 22.6 Å². The van der Waals surface area contributed by atoms with Gasteiger partial charge in [-0.2, -0.15) is 0 Å². The van der Waals surface area contributed by atoms with E-state index in [0.717, 1.165) is 28.5 Å². The molecule has 2 aromatic carbocycles. The summed E-state index contributed by atoms with van der Waals surface area (Å²) >= 11 is 0. The molecule has 4 nitrogen and oxygen atoms in total. The molecular formula is C20H21NO3. The number of amides is 1. The topological polar surface area (TPSA) is 51.5 Å². The van der Waals surface area contributed by atoms with Crippen molar-refractivity contribution < 1.29 is 13.9 Å². The van der Waals surface area contributed by atoms with Gasteiger partial charge in [-0.3, -0.25) is 4.79 Å². The molecule has 1 amide bonds. The van der Waals surface area contributed by atoms with Crippen LogP contribution in [0.2, 0.25) is 0 Å². The number of furan rings is 1. The smallest absolute Gasteiger partial charge is 0.229 e. The van der Waals surface area contributed by atoms with Gasteiger partial charge in [-0.15, -0.1) is 0 Å². The molecule has 3 rings (SSSR count). The highest BCUT2D eigenvalue weighted by atomic mass is 16.5. The van der Waals surface area contributed by atoms with E-state index in [9.17, 15) is 4.79 Å². The summed E-state index contributed by atoms with van der Waals surface area (Å²) in [4.78, 5) is 12.4. The molecule has 3 aromatic rings. The Hall–Kier alpha value is -2.75. The van der Waals surface area contributed by atoms with Crippen LogP contribution in [0.3, 0.4) is 0 Å². The molecule has 0 saturated heterocycles. The molecule has 0 radical (unpaired) electrons. The molecular weight excluding hydrogens is 302 g/mol. The minimum absolute atomic E-state index is 0.0961. The maximum absolute atomic E-state index is 12.4. The van der Waals surface area contributed by atoms with Crippen LogP contribution in [0.5, 0.6) is 5.75 Å². The molecule has 124 valence electrons. The van der Waals surface area contributed by atoms with E-state index in [1.165, 1.54) is 5.56 Å². The lowest BCUT2D eigenvalue weighted by Crippen LogP contribution is -2.15. The first-order chi connectivity index (χ1) is 11.6. The van der Waals surface area contributed by atoms with Gasteiger partial charge in [0.05, 0.1) is 25.5 Å². The van der Waals surface area contributed by atoms with Crippen molar-refractivity contribution in [3.05, 3.63) is 59.4 Å². The van der Waals surface area contributed by atoms with Gasteiger partial charge >= 0.3 is 0 Å². The van der Waals surface area contributed by atoms with Crippen molar-refractivity contribution in [1.82, 2.24) is 0 Å². The summed E-state index contributed by atoms with van der Waals surface area (Å²) in [5.41, 5.74) is 4.68. The zero-order valence-corrected chi connectivity index (χ0v) is 14.2. The van der Waals surface area contributed by atoms with E-state index in [2.05, 4.69) is 18.3 Å². The monoisotopic (exact) mass is 323 g/mol. The zero-order valence-electron chi connectivity index (χ0n) is 14.2. The number of anilines is 1. The van der Waals surface area contributed by atoms with E-state index >= 15 is 0 Å². The van der Waals surface area contributed by atoms with Gasteiger partial charge in [-0.05, 0) is 42.7 Å². The minimum Gasteiger partial charge on any atom is -0.495 e. The third-order valence-electron chi connectivity index (χ3n) is 4.11. The molecule has 0 atom stereocenters. The number of nitrogens with one attached hydrogen (secondary N) is 1. The maximum atomic E-state index is 12.4. The molecule has 4 heteroatoms. The number of methoxy groups -OCH3 is 1. The first-order valence-corrected chi connectivity index (χ1v) is 8.04. The van der Waals surface area contributed by atoms with Gasteiger partial charge < -0.3 is 14.5 Å². The summed E-state index contributed by atoms with van der Waals surface area (Å²) in [6, 6.07) is 11.8. The van der Waals surface area contributed by atoms with Crippen LogP contribution >= 0.6 is 0 Å². The van der Waals surface area contributed by atoms with Gasteiger partial charge in [0, 0.05) is 10.9 Å². The van der Waals surface area contributed by atoms with Gasteiger partial charge in [-0.1, -0.05) is 25.1 Å². The zero-order chi connectivity index (χ0) is 17.1. The van der Waals surface area contributed by atoms with Crippen molar-refractivity contribution in [3.63, 3.8) is 0 Å². The van der Waals surface area contributed by atoms with Crippen molar-refractivity contribution in [2.24, 2.45) is 0 Å². The third kappa shape index (κ3) is 3.27. The van der Waals surface area contributed by atoms with E-state index in [-0.39, 0.29) is 12.3 Å². The predicted molar refractivity (Wildman–Crippen MR) is 95.7 cm³/mol. The van der Waals surface area contributed by atoms with Gasteiger partial charge in [0.25, 0.3) is 0 Å². The van der Waals surface area contributed by atoms with Crippen molar-refractivity contribution in [1.29, 1.82) is 0 Å². The van der Waals surface area contributed by atoms with Crippen molar-refractivity contribution in [2.45, 2.75) is 26.7 Å². The molecule has 0 unspecified atom stereocenters. The minimum atomic E-state index is -0.0961. The molecule has 1 N–H and O–H groups in total. The number of hydrogen-bond acceptors (Lipinski definition) is 3. The van der Waals surface area contributed by atoms with Crippen LogP contribution in [0.25, 0.3) is 11.0 Å². The second kappa shape index (κ2) is 6.79. The highest BCUT2D eigenvalue weighted by Gasteiger charge is 2.13. The lowest BCUT2D eigenvalue weighted by molar-refractivity contribution is -0.115. The van der Waals surface area contributed by atoms with Crippen LogP contribution in [0, 0.1) is 6.92 Å². The number of rotatable bonds is 5. The number of aryl methyl sites for hydroxylation is 2. The average molecular weight is 323 g/mol. The lowest BCUT2D eigenvalue weighted by Gasteiger charge is -2.10. The standard InChI is InChI=1S/C20H21NO3/c1-4-14-6-7-16-15(12-24-19(16)10-14)11-20(22)21-17-9-13(2)5-8-18(17)23-3/h5-10,12H,4,11H2,1-3H3,(H,21,22). The van der Waals surface area contributed by atoms with Gasteiger partial charge in [0.2, 0.25) is 5.91 Å². The Bertz CT molecular complexity index is 880. The fraction of sp³-hybridized carbons (Fsp3) is 0.250. The Balaban J connectivity index is 1.79. The second-order valence-corrected chi connectivity index (χ2v) is 5.87. The largest absolute Gasteiger partial charge is 0.495 e. The molecule has 0 aliphatic heterocycles. The van der Waals surface area contributed by atoms with E-state index in [4.69, 9.17) is 9.15 Å². The number of carbonyl (C=O) groups is 1. The van der Waals surface area contributed by atoms with Gasteiger partial charge in [0.1, 0.15) is 11.3 Å². The van der Waals surface area contributed by atoms with Gasteiger partial charge in [0.15, 0.2) is 0 Å². The Morgan fingerprint density at radius 3 is 2.79 bits per heavy atom. The van der Waals surface area contributed by atoms with Crippen LogP contribution in [-0.2, 0) is 17.6 Å². The molecule has 1 aromatic heterocycles. The Kier molecular flexibility index (Phi) is 4.56. The Labute approximate surface area is 141 Å².